The summed E-state index contributed by atoms with van der Waals surface area (Å²) in [7, 11) is 1.27. The Morgan fingerprint density at radius 3 is 3.00 bits per heavy atom. The van der Waals surface area contributed by atoms with Crippen molar-refractivity contribution in [3.8, 4) is 0 Å². The third-order valence-electron chi connectivity index (χ3n) is 1.77. The van der Waals surface area contributed by atoms with E-state index in [0.717, 1.165) is 0 Å². The molecule has 1 aromatic rings. The number of aliphatic imine (C=N–C) groups is 1. The molecule has 0 N–H and O–H groups in total. The van der Waals surface area contributed by atoms with Gasteiger partial charge in [0.05, 0.1) is 12.0 Å². The molecule has 0 amide bonds. The van der Waals surface area contributed by atoms with Crippen LogP contribution in [-0.2, 0) is 9.53 Å². The molecule has 16 heavy (non-hydrogen) atoms. The van der Waals surface area contributed by atoms with E-state index in [1.165, 1.54) is 25.5 Å². The second-order valence-electron chi connectivity index (χ2n) is 2.90. The fourth-order valence-electron chi connectivity index (χ4n) is 1.01. The third kappa shape index (κ3) is 3.49. The van der Waals surface area contributed by atoms with Crippen molar-refractivity contribution in [2.24, 2.45) is 4.99 Å². The highest BCUT2D eigenvalue weighted by molar-refractivity contribution is 5.83. The van der Waals surface area contributed by atoms with E-state index >= 15 is 0 Å². The Morgan fingerprint density at radius 1 is 1.62 bits per heavy atom. The van der Waals surface area contributed by atoms with E-state index in [1.807, 2.05) is 0 Å². The van der Waals surface area contributed by atoms with Crippen LogP contribution >= 0.6 is 0 Å². The first-order valence-corrected chi connectivity index (χ1v) is 4.44. The number of benzene rings is 1. The SMILES string of the molecule is COC(=O)CN=Cc1cccc([N+](=O)[O-])c1. The van der Waals surface area contributed by atoms with E-state index in [0.29, 0.717) is 5.56 Å². The number of carbonyl (C=O) groups excluding carboxylic acids is 1. The molecule has 0 atom stereocenters. The number of hydrogen-bond acceptors (Lipinski definition) is 5. The lowest BCUT2D eigenvalue weighted by molar-refractivity contribution is -0.384. The Kier molecular flexibility index (Phi) is 4.14. The molecule has 0 heterocycles. The molecule has 6 nitrogen and oxygen atoms in total. The topological polar surface area (TPSA) is 81.8 Å². The predicted molar refractivity (Wildman–Crippen MR) is 57.6 cm³/mol. The first-order valence-electron chi connectivity index (χ1n) is 4.44. The highest BCUT2D eigenvalue weighted by atomic mass is 16.6. The summed E-state index contributed by atoms with van der Waals surface area (Å²) in [5.41, 5.74) is 0.556. The molecule has 6 heteroatoms. The Labute approximate surface area is 91.7 Å². The van der Waals surface area contributed by atoms with Gasteiger partial charge < -0.3 is 4.74 Å². The van der Waals surface area contributed by atoms with Gasteiger partial charge in [0.1, 0.15) is 6.54 Å². The summed E-state index contributed by atoms with van der Waals surface area (Å²) in [5, 5.41) is 10.5. The summed E-state index contributed by atoms with van der Waals surface area (Å²) in [5.74, 6) is -0.457. The lowest BCUT2D eigenvalue weighted by Crippen LogP contribution is -2.04. The normalized spacial score (nSPS) is 10.3. The van der Waals surface area contributed by atoms with Crippen LogP contribution in [0.2, 0.25) is 0 Å². The Bertz CT molecular complexity index is 429. The van der Waals surface area contributed by atoms with E-state index < -0.39 is 10.9 Å². The standard InChI is InChI=1S/C10H10N2O4/c1-16-10(13)7-11-6-8-3-2-4-9(5-8)12(14)15/h2-6H,7H2,1H3. The van der Waals surface area contributed by atoms with E-state index in [2.05, 4.69) is 9.73 Å². The van der Waals surface area contributed by atoms with Gasteiger partial charge in [-0.05, 0) is 5.56 Å². The minimum atomic E-state index is -0.488. The zero-order chi connectivity index (χ0) is 12.0. The number of rotatable bonds is 4. The van der Waals surface area contributed by atoms with Crippen LogP contribution in [0.3, 0.4) is 0 Å². The number of methoxy groups -OCH3 is 1. The molecule has 0 aliphatic rings. The number of nitrogens with zero attached hydrogens (tertiary/aromatic N) is 2. The molecule has 0 aliphatic heterocycles. The average molecular weight is 222 g/mol. The highest BCUT2D eigenvalue weighted by Crippen LogP contribution is 2.11. The van der Waals surface area contributed by atoms with Crippen LogP contribution in [0.15, 0.2) is 29.3 Å². The first kappa shape index (κ1) is 11.8. The van der Waals surface area contributed by atoms with Crippen molar-refractivity contribution in [3.63, 3.8) is 0 Å². The molecule has 0 bridgehead atoms. The number of esters is 1. The van der Waals surface area contributed by atoms with Gasteiger partial charge in [0.25, 0.3) is 5.69 Å². The van der Waals surface area contributed by atoms with Crippen LogP contribution in [0, 0.1) is 10.1 Å². The molecule has 0 aliphatic carbocycles. The number of ether oxygens (including phenoxy) is 1. The Morgan fingerprint density at radius 2 is 2.38 bits per heavy atom. The number of nitro groups is 1. The van der Waals surface area contributed by atoms with E-state index in [4.69, 9.17) is 0 Å². The molecule has 84 valence electrons. The molecule has 1 rings (SSSR count). The second-order valence-corrected chi connectivity index (χ2v) is 2.90. The van der Waals surface area contributed by atoms with Crippen molar-refractivity contribution in [2.75, 3.05) is 13.7 Å². The lowest BCUT2D eigenvalue weighted by Gasteiger charge is -1.94. The maximum Gasteiger partial charge on any atom is 0.327 e. The minimum Gasteiger partial charge on any atom is -0.468 e. The van der Waals surface area contributed by atoms with Crippen LogP contribution in [0.5, 0.6) is 0 Å². The van der Waals surface area contributed by atoms with Crippen molar-refractivity contribution >= 4 is 17.9 Å². The Hall–Kier alpha value is -2.24. The second kappa shape index (κ2) is 5.59. The van der Waals surface area contributed by atoms with Gasteiger partial charge in [0.2, 0.25) is 0 Å². The van der Waals surface area contributed by atoms with Crippen LogP contribution in [0.4, 0.5) is 5.69 Å². The van der Waals surface area contributed by atoms with Crippen LogP contribution in [-0.4, -0.2) is 30.8 Å². The predicted octanol–water partition coefficient (Wildman–Crippen LogP) is 1.19. The van der Waals surface area contributed by atoms with E-state index in [-0.39, 0.29) is 12.2 Å². The van der Waals surface area contributed by atoms with Gasteiger partial charge in [-0.15, -0.1) is 0 Å². The van der Waals surface area contributed by atoms with Gasteiger partial charge in [0.15, 0.2) is 0 Å². The van der Waals surface area contributed by atoms with Crippen molar-refractivity contribution < 1.29 is 14.5 Å². The fraction of sp³-hybridized carbons (Fsp3) is 0.200. The van der Waals surface area contributed by atoms with Crippen LogP contribution in [0.1, 0.15) is 5.56 Å². The molecule has 0 saturated heterocycles. The number of hydrogen-bond donors (Lipinski definition) is 0. The molecule has 0 unspecified atom stereocenters. The fourth-order valence-corrected chi connectivity index (χ4v) is 1.01. The third-order valence-corrected chi connectivity index (χ3v) is 1.77. The summed E-state index contributed by atoms with van der Waals surface area (Å²) >= 11 is 0. The van der Waals surface area contributed by atoms with Gasteiger partial charge in [-0.1, -0.05) is 12.1 Å². The quantitative estimate of drug-likeness (QED) is 0.331. The maximum absolute atomic E-state index is 10.7. The van der Waals surface area contributed by atoms with Gasteiger partial charge in [0, 0.05) is 18.3 Å². The lowest BCUT2D eigenvalue weighted by atomic mass is 10.2. The summed E-state index contributed by atoms with van der Waals surface area (Å²) in [6, 6.07) is 5.98. The van der Waals surface area contributed by atoms with Gasteiger partial charge in [-0.25, -0.2) is 0 Å². The zero-order valence-electron chi connectivity index (χ0n) is 8.62. The summed E-state index contributed by atoms with van der Waals surface area (Å²) in [6.07, 6.45) is 1.39. The summed E-state index contributed by atoms with van der Waals surface area (Å²) in [4.78, 5) is 24.5. The smallest absolute Gasteiger partial charge is 0.327 e. The molecular weight excluding hydrogens is 212 g/mol. The van der Waals surface area contributed by atoms with Crippen LogP contribution in [0.25, 0.3) is 0 Å². The molecule has 0 fully saturated rings. The highest BCUT2D eigenvalue weighted by Gasteiger charge is 2.04. The largest absolute Gasteiger partial charge is 0.468 e. The Balaban J connectivity index is 2.70. The van der Waals surface area contributed by atoms with Crippen molar-refractivity contribution in [1.29, 1.82) is 0 Å². The van der Waals surface area contributed by atoms with Crippen molar-refractivity contribution in [1.82, 2.24) is 0 Å². The van der Waals surface area contributed by atoms with Crippen molar-refractivity contribution in [2.45, 2.75) is 0 Å². The number of nitro benzene ring substituents is 1. The molecule has 0 saturated carbocycles. The van der Waals surface area contributed by atoms with Gasteiger partial charge in [-0.2, -0.15) is 0 Å². The van der Waals surface area contributed by atoms with Gasteiger partial charge in [-0.3, -0.25) is 19.9 Å². The number of carbonyl (C=O) groups is 1. The van der Waals surface area contributed by atoms with Gasteiger partial charge >= 0.3 is 5.97 Å². The zero-order valence-corrected chi connectivity index (χ0v) is 8.62. The van der Waals surface area contributed by atoms with Crippen molar-refractivity contribution in [3.05, 3.63) is 39.9 Å². The maximum atomic E-state index is 10.7. The summed E-state index contributed by atoms with van der Waals surface area (Å²) in [6.45, 7) is -0.0980. The van der Waals surface area contributed by atoms with E-state index in [1.54, 1.807) is 12.1 Å². The minimum absolute atomic E-state index is 0.0120. The molecule has 0 aromatic heterocycles. The molecule has 0 radical (unpaired) electrons. The number of non-ortho nitro benzene ring substituents is 1. The first-order chi connectivity index (χ1) is 7.63. The molecule has 0 spiro atoms. The van der Waals surface area contributed by atoms with E-state index in [9.17, 15) is 14.9 Å². The molecular formula is C10H10N2O4. The molecule has 1 aromatic carbocycles. The average Bonchev–Trinajstić information content (AvgIpc) is 2.29. The van der Waals surface area contributed by atoms with Crippen LogP contribution < -0.4 is 0 Å². The monoisotopic (exact) mass is 222 g/mol. The summed E-state index contributed by atoms with van der Waals surface area (Å²) < 4.78 is 4.39.